The van der Waals surface area contributed by atoms with Gasteiger partial charge in [0.05, 0.1) is 0 Å². The van der Waals surface area contributed by atoms with Gasteiger partial charge < -0.3 is 9.15 Å². The number of Topliss-reactive ketones (excluding diaryl/α,β-unsaturated/α-hetero) is 1. The zero-order valence-electron chi connectivity index (χ0n) is 18.2. The summed E-state index contributed by atoms with van der Waals surface area (Å²) in [5, 5.41) is 2.95. The summed E-state index contributed by atoms with van der Waals surface area (Å²) in [4.78, 5) is 25.3. The van der Waals surface area contributed by atoms with E-state index in [1.54, 1.807) is 12.1 Å². The van der Waals surface area contributed by atoms with Gasteiger partial charge in [-0.15, -0.1) is 0 Å². The minimum absolute atomic E-state index is 0.0981. The highest BCUT2D eigenvalue weighted by Crippen LogP contribution is 2.25. The second kappa shape index (κ2) is 8.75. The zero-order valence-corrected chi connectivity index (χ0v) is 18.2. The Morgan fingerprint density at radius 2 is 1.61 bits per heavy atom. The van der Waals surface area contributed by atoms with E-state index in [9.17, 15) is 9.59 Å². The number of ketones is 1. The van der Waals surface area contributed by atoms with Gasteiger partial charge >= 0.3 is 5.63 Å². The first kappa shape index (κ1) is 20.7. The van der Waals surface area contributed by atoms with Crippen LogP contribution in [0.5, 0.6) is 5.75 Å². The first-order valence-corrected chi connectivity index (χ1v) is 10.8. The van der Waals surface area contributed by atoms with Crippen LogP contribution in [0, 0.1) is 6.92 Å². The summed E-state index contributed by atoms with van der Waals surface area (Å²) in [6.45, 7) is 1.83. The van der Waals surface area contributed by atoms with Crippen LogP contribution in [0.4, 0.5) is 0 Å². The molecular formula is C29H22O4. The highest BCUT2D eigenvalue weighted by atomic mass is 16.5. The lowest BCUT2D eigenvalue weighted by molar-refractivity contribution is 0.0921. The van der Waals surface area contributed by atoms with Gasteiger partial charge in [0.15, 0.2) is 12.4 Å². The smallest absolute Gasteiger partial charge is 0.340 e. The van der Waals surface area contributed by atoms with Gasteiger partial charge in [-0.25, -0.2) is 4.79 Å². The van der Waals surface area contributed by atoms with E-state index >= 15 is 0 Å². The summed E-state index contributed by atoms with van der Waals surface area (Å²) < 4.78 is 11.3. The van der Waals surface area contributed by atoms with Crippen LogP contribution in [0.2, 0.25) is 0 Å². The van der Waals surface area contributed by atoms with Gasteiger partial charge in [0, 0.05) is 29.0 Å². The SMILES string of the molecule is Cc1c(Cc2ccccc2)c(=O)oc2cc(OCC(=O)c3ccc4ccccc4c3)ccc12. The van der Waals surface area contributed by atoms with Crippen molar-refractivity contribution in [2.45, 2.75) is 13.3 Å². The fraction of sp³-hybridized carbons (Fsp3) is 0.103. The fourth-order valence-electron chi connectivity index (χ4n) is 4.06. The quantitative estimate of drug-likeness (QED) is 0.239. The van der Waals surface area contributed by atoms with E-state index in [-0.39, 0.29) is 18.0 Å². The summed E-state index contributed by atoms with van der Waals surface area (Å²) in [6.07, 6.45) is 0.517. The lowest BCUT2D eigenvalue weighted by atomic mass is 10.00. The van der Waals surface area contributed by atoms with Gasteiger partial charge in [0.25, 0.3) is 0 Å². The van der Waals surface area contributed by atoms with Crippen LogP contribution >= 0.6 is 0 Å². The molecule has 1 heterocycles. The van der Waals surface area contributed by atoms with Crippen molar-refractivity contribution >= 4 is 27.5 Å². The van der Waals surface area contributed by atoms with Crippen LogP contribution in [0.1, 0.15) is 27.0 Å². The third-order valence-electron chi connectivity index (χ3n) is 5.92. The molecule has 4 nitrogen and oxygen atoms in total. The Morgan fingerprint density at radius 3 is 2.42 bits per heavy atom. The second-order valence-corrected chi connectivity index (χ2v) is 8.09. The van der Waals surface area contributed by atoms with E-state index in [0.717, 1.165) is 27.3 Å². The number of rotatable bonds is 6. The van der Waals surface area contributed by atoms with E-state index < -0.39 is 0 Å². The lowest BCUT2D eigenvalue weighted by Gasteiger charge is -2.10. The van der Waals surface area contributed by atoms with Crippen molar-refractivity contribution in [3.05, 3.63) is 124 Å². The van der Waals surface area contributed by atoms with Crippen LogP contribution < -0.4 is 10.4 Å². The number of fused-ring (bicyclic) bond motifs is 2. The Kier molecular flexibility index (Phi) is 5.49. The van der Waals surface area contributed by atoms with E-state index in [0.29, 0.717) is 28.9 Å². The van der Waals surface area contributed by atoms with Crippen LogP contribution in [0.25, 0.3) is 21.7 Å². The van der Waals surface area contributed by atoms with Gasteiger partial charge in [-0.3, -0.25) is 4.79 Å². The molecule has 0 N–H and O–H groups in total. The predicted molar refractivity (Wildman–Crippen MR) is 130 cm³/mol. The van der Waals surface area contributed by atoms with Crippen LogP contribution in [0.3, 0.4) is 0 Å². The van der Waals surface area contributed by atoms with Crippen molar-refractivity contribution in [1.82, 2.24) is 0 Å². The Hall–Kier alpha value is -4.18. The molecule has 0 saturated carbocycles. The zero-order chi connectivity index (χ0) is 22.8. The van der Waals surface area contributed by atoms with Gasteiger partial charge in [0.2, 0.25) is 0 Å². The highest BCUT2D eigenvalue weighted by Gasteiger charge is 2.14. The summed E-state index contributed by atoms with van der Waals surface area (Å²) in [5.74, 6) is 0.367. The van der Waals surface area contributed by atoms with Crippen molar-refractivity contribution in [2.75, 3.05) is 6.61 Å². The Morgan fingerprint density at radius 1 is 0.848 bits per heavy atom. The van der Waals surface area contributed by atoms with E-state index in [4.69, 9.17) is 9.15 Å². The molecule has 0 atom stereocenters. The van der Waals surface area contributed by atoms with Crippen molar-refractivity contribution in [3.63, 3.8) is 0 Å². The molecule has 0 aliphatic heterocycles. The van der Waals surface area contributed by atoms with Gasteiger partial charge in [-0.05, 0) is 47.0 Å². The van der Waals surface area contributed by atoms with Gasteiger partial charge in [-0.2, -0.15) is 0 Å². The van der Waals surface area contributed by atoms with Gasteiger partial charge in [-0.1, -0.05) is 66.7 Å². The van der Waals surface area contributed by atoms with Crippen molar-refractivity contribution in [3.8, 4) is 5.75 Å². The van der Waals surface area contributed by atoms with Crippen LogP contribution in [0.15, 0.2) is 100 Å². The van der Waals surface area contributed by atoms with Crippen molar-refractivity contribution in [2.24, 2.45) is 0 Å². The number of hydrogen-bond donors (Lipinski definition) is 0. The summed E-state index contributed by atoms with van der Waals surface area (Å²) >= 11 is 0. The van der Waals surface area contributed by atoms with Crippen molar-refractivity contribution in [1.29, 1.82) is 0 Å². The maximum atomic E-state index is 12.7. The number of hydrogen-bond acceptors (Lipinski definition) is 4. The number of carbonyl (C=O) groups excluding carboxylic acids is 1. The maximum absolute atomic E-state index is 12.7. The molecule has 0 amide bonds. The molecule has 4 heteroatoms. The molecule has 0 aliphatic carbocycles. The monoisotopic (exact) mass is 434 g/mol. The molecule has 0 saturated heterocycles. The molecule has 0 bridgehead atoms. The largest absolute Gasteiger partial charge is 0.485 e. The summed E-state index contributed by atoms with van der Waals surface area (Å²) in [5.41, 5.74) is 3.29. The molecule has 33 heavy (non-hydrogen) atoms. The standard InChI is InChI=1S/C29H22O4/c1-19-25-14-13-24(17-28(25)33-29(31)26(19)15-20-7-3-2-4-8-20)32-18-27(30)23-12-11-21-9-5-6-10-22(21)16-23/h2-14,16-17H,15,18H2,1H3. The van der Waals surface area contributed by atoms with E-state index in [1.165, 1.54) is 0 Å². The minimum Gasteiger partial charge on any atom is -0.485 e. The molecule has 1 aromatic heterocycles. The third-order valence-corrected chi connectivity index (χ3v) is 5.92. The van der Waals surface area contributed by atoms with Crippen LogP contribution in [-0.4, -0.2) is 12.4 Å². The molecule has 4 aromatic carbocycles. The predicted octanol–water partition coefficient (Wildman–Crippen LogP) is 6.11. The summed E-state index contributed by atoms with van der Waals surface area (Å²) in [7, 11) is 0. The number of aryl methyl sites for hydroxylation is 1. The van der Waals surface area contributed by atoms with E-state index in [2.05, 4.69) is 0 Å². The molecule has 0 fully saturated rings. The first-order chi connectivity index (χ1) is 16.1. The molecule has 0 radical (unpaired) electrons. The van der Waals surface area contributed by atoms with Crippen molar-refractivity contribution < 1.29 is 13.9 Å². The summed E-state index contributed by atoms with van der Waals surface area (Å²) in [6, 6.07) is 28.7. The average Bonchev–Trinajstić information content (AvgIpc) is 2.85. The highest BCUT2D eigenvalue weighted by molar-refractivity contribution is 6.00. The Bertz CT molecular complexity index is 1530. The lowest BCUT2D eigenvalue weighted by Crippen LogP contribution is -2.12. The second-order valence-electron chi connectivity index (χ2n) is 8.09. The number of benzene rings is 4. The molecule has 0 aliphatic rings. The van der Waals surface area contributed by atoms with Gasteiger partial charge in [0.1, 0.15) is 11.3 Å². The fourth-order valence-corrected chi connectivity index (χ4v) is 4.06. The topological polar surface area (TPSA) is 56.5 Å². The molecular weight excluding hydrogens is 412 g/mol. The molecule has 162 valence electrons. The van der Waals surface area contributed by atoms with E-state index in [1.807, 2.05) is 85.8 Å². The molecule has 0 spiro atoms. The normalized spacial score (nSPS) is 11.1. The molecule has 0 unspecified atom stereocenters. The first-order valence-electron chi connectivity index (χ1n) is 10.8. The van der Waals surface area contributed by atoms with Crippen LogP contribution in [-0.2, 0) is 6.42 Å². The number of carbonyl (C=O) groups is 1. The Labute approximate surface area is 191 Å². The molecule has 5 aromatic rings. The number of ether oxygens (including phenoxy) is 1. The Balaban J connectivity index is 1.36. The molecule has 5 rings (SSSR count). The average molecular weight is 434 g/mol. The third kappa shape index (κ3) is 4.28. The minimum atomic E-state index is -0.353. The maximum Gasteiger partial charge on any atom is 0.340 e.